The standard InChI is InChI=1S/C6H7As.C2H6S2/c7-6-4-2-1-3-5-6;1-2(3)4/h1-5H,7H2;2-4H,1H3. The van der Waals surface area contributed by atoms with Gasteiger partial charge in [-0.15, -0.1) is 0 Å². The van der Waals surface area contributed by atoms with Gasteiger partial charge in [0, 0.05) is 4.58 Å². The predicted molar refractivity (Wildman–Crippen MR) is 62.1 cm³/mol. The summed E-state index contributed by atoms with van der Waals surface area (Å²) in [4.78, 5) is 0. The summed E-state index contributed by atoms with van der Waals surface area (Å²) in [6, 6.07) is 10.4. The molecule has 62 valence electrons. The third kappa shape index (κ3) is 10.5. The summed E-state index contributed by atoms with van der Waals surface area (Å²) in [6.07, 6.45) is 0. The molecule has 0 aliphatic rings. The number of hydrogen-bond acceptors (Lipinski definition) is 2. The molecular weight excluding hydrogens is 235 g/mol. The molecule has 1 atom stereocenters. The summed E-state index contributed by atoms with van der Waals surface area (Å²) < 4.78 is 1.61. The Hall–Kier alpha value is 0.478. The maximum absolute atomic E-state index is 3.83. The van der Waals surface area contributed by atoms with Crippen LogP contribution in [0.3, 0.4) is 0 Å². The normalized spacial score (nSPS) is 8.82. The van der Waals surface area contributed by atoms with E-state index in [1.807, 2.05) is 13.0 Å². The average Bonchev–Trinajstić information content (AvgIpc) is 1.87. The van der Waals surface area contributed by atoms with Crippen LogP contribution in [0.15, 0.2) is 30.3 Å². The SMILES string of the molecule is CC(S)S.[AsH2]c1ccccc1. The van der Waals surface area contributed by atoms with Crippen LogP contribution in [-0.4, -0.2) is 21.4 Å². The van der Waals surface area contributed by atoms with Gasteiger partial charge >= 0.3 is 51.5 Å². The quantitative estimate of drug-likeness (QED) is 0.384. The van der Waals surface area contributed by atoms with Crippen molar-refractivity contribution in [3.63, 3.8) is 0 Å². The first-order chi connectivity index (χ1) is 5.13. The van der Waals surface area contributed by atoms with Crippen LogP contribution in [0.4, 0.5) is 0 Å². The van der Waals surface area contributed by atoms with E-state index < -0.39 is 0 Å². The van der Waals surface area contributed by atoms with Gasteiger partial charge < -0.3 is 0 Å². The molecule has 11 heavy (non-hydrogen) atoms. The molecule has 0 fully saturated rings. The van der Waals surface area contributed by atoms with E-state index in [1.54, 1.807) is 16.9 Å². The third-order valence-corrected chi connectivity index (χ3v) is 1.61. The minimum atomic E-state index is 0.222. The Morgan fingerprint density at radius 2 is 1.55 bits per heavy atom. The fourth-order valence-corrected chi connectivity index (χ4v) is 0.919. The molecule has 0 aromatic heterocycles. The van der Waals surface area contributed by atoms with Crippen LogP contribution in [-0.2, 0) is 0 Å². The van der Waals surface area contributed by atoms with Crippen molar-refractivity contribution >= 4 is 46.5 Å². The molecule has 0 heterocycles. The fraction of sp³-hybridized carbons (Fsp3) is 0.250. The zero-order valence-corrected chi connectivity index (χ0v) is 10.6. The van der Waals surface area contributed by atoms with Gasteiger partial charge in [-0.1, -0.05) is 0 Å². The second-order valence-electron chi connectivity index (χ2n) is 2.04. The van der Waals surface area contributed by atoms with Gasteiger partial charge in [0.1, 0.15) is 0 Å². The molecule has 0 saturated carbocycles. The van der Waals surface area contributed by atoms with E-state index in [2.05, 4.69) is 49.5 Å². The van der Waals surface area contributed by atoms with Gasteiger partial charge in [-0.2, -0.15) is 25.3 Å². The number of benzene rings is 1. The van der Waals surface area contributed by atoms with Gasteiger partial charge in [0.05, 0.1) is 0 Å². The van der Waals surface area contributed by atoms with Crippen LogP contribution in [0, 0.1) is 0 Å². The summed E-state index contributed by atoms with van der Waals surface area (Å²) in [7, 11) is 0. The Balaban J connectivity index is 0.000000218. The Bertz CT molecular complexity index is 172. The van der Waals surface area contributed by atoms with E-state index >= 15 is 0 Å². The van der Waals surface area contributed by atoms with E-state index in [0.717, 1.165) is 0 Å². The molecule has 3 heteroatoms. The molecule has 0 spiro atoms. The first-order valence-corrected chi connectivity index (χ1v) is 5.54. The molecule has 0 saturated heterocycles. The molecule has 0 N–H and O–H groups in total. The Kier molecular flexibility index (Phi) is 7.46. The van der Waals surface area contributed by atoms with Crippen LogP contribution < -0.4 is 4.35 Å². The second kappa shape index (κ2) is 7.15. The number of thiol groups is 2. The monoisotopic (exact) mass is 248 g/mol. The molecule has 1 rings (SSSR count). The Labute approximate surface area is 88.1 Å². The van der Waals surface area contributed by atoms with Crippen LogP contribution in [0.2, 0.25) is 0 Å². The van der Waals surface area contributed by atoms with Crippen LogP contribution in [0.5, 0.6) is 0 Å². The molecular formula is C8H13AsS2. The van der Waals surface area contributed by atoms with Crippen molar-refractivity contribution in [2.45, 2.75) is 11.5 Å². The molecule has 1 aromatic rings. The summed E-state index contributed by atoms with van der Waals surface area (Å²) >= 11 is 9.33. The molecule has 0 amide bonds. The van der Waals surface area contributed by atoms with Crippen molar-refractivity contribution in [3.8, 4) is 0 Å². The zero-order valence-electron chi connectivity index (χ0n) is 6.44. The molecule has 0 aliphatic carbocycles. The molecule has 0 nitrogen and oxygen atoms in total. The van der Waals surface area contributed by atoms with Crippen molar-refractivity contribution in [1.29, 1.82) is 0 Å². The number of hydrogen-bond donors (Lipinski definition) is 2. The molecule has 0 radical (unpaired) electrons. The predicted octanol–water partition coefficient (Wildman–Crippen LogP) is 1.14. The molecule has 0 aliphatic heterocycles. The van der Waals surface area contributed by atoms with Crippen molar-refractivity contribution in [2.75, 3.05) is 0 Å². The van der Waals surface area contributed by atoms with Gasteiger partial charge in [0.15, 0.2) is 0 Å². The summed E-state index contributed by atoms with van der Waals surface area (Å²) in [6.45, 7) is 1.90. The van der Waals surface area contributed by atoms with Gasteiger partial charge in [-0.3, -0.25) is 0 Å². The van der Waals surface area contributed by atoms with E-state index in [4.69, 9.17) is 0 Å². The Morgan fingerprint density at radius 3 is 1.73 bits per heavy atom. The van der Waals surface area contributed by atoms with Gasteiger partial charge in [0.25, 0.3) is 0 Å². The van der Waals surface area contributed by atoms with Gasteiger partial charge in [-0.05, 0) is 6.92 Å². The van der Waals surface area contributed by atoms with E-state index in [-0.39, 0.29) is 4.58 Å². The van der Waals surface area contributed by atoms with E-state index in [9.17, 15) is 0 Å². The summed E-state index contributed by atoms with van der Waals surface area (Å²) in [5, 5.41) is 0. The number of rotatable bonds is 0. The molecule has 1 aromatic carbocycles. The zero-order chi connectivity index (χ0) is 8.69. The van der Waals surface area contributed by atoms with E-state index in [1.165, 1.54) is 4.35 Å². The van der Waals surface area contributed by atoms with Crippen molar-refractivity contribution < 1.29 is 0 Å². The first kappa shape index (κ1) is 11.5. The van der Waals surface area contributed by atoms with Crippen LogP contribution in [0.25, 0.3) is 0 Å². The Morgan fingerprint density at radius 1 is 1.18 bits per heavy atom. The van der Waals surface area contributed by atoms with Gasteiger partial charge in [-0.25, -0.2) is 0 Å². The first-order valence-electron chi connectivity index (χ1n) is 3.29. The maximum atomic E-state index is 3.83. The average molecular weight is 248 g/mol. The molecule has 0 bridgehead atoms. The van der Waals surface area contributed by atoms with Crippen molar-refractivity contribution in [1.82, 2.24) is 0 Å². The summed E-state index contributed by atoms with van der Waals surface area (Å²) in [5.74, 6) is 0. The van der Waals surface area contributed by atoms with E-state index in [0.29, 0.717) is 0 Å². The van der Waals surface area contributed by atoms with Crippen molar-refractivity contribution in [2.24, 2.45) is 0 Å². The summed E-state index contributed by atoms with van der Waals surface area (Å²) in [5.41, 5.74) is 0. The topological polar surface area (TPSA) is 0 Å². The fourth-order valence-electron chi connectivity index (χ4n) is 0.453. The van der Waals surface area contributed by atoms with Crippen molar-refractivity contribution in [3.05, 3.63) is 30.3 Å². The van der Waals surface area contributed by atoms with Crippen LogP contribution in [0.1, 0.15) is 6.92 Å². The van der Waals surface area contributed by atoms with Gasteiger partial charge in [0.2, 0.25) is 0 Å². The van der Waals surface area contributed by atoms with Crippen LogP contribution >= 0.6 is 25.3 Å². The second-order valence-corrected chi connectivity index (χ2v) is 5.40. The third-order valence-electron chi connectivity index (χ3n) is 0.800. The molecule has 1 unspecified atom stereocenters. The minimum absolute atomic E-state index is 0.222.